The Morgan fingerprint density at radius 2 is 2.05 bits per heavy atom. The Morgan fingerprint density at radius 3 is 2.80 bits per heavy atom. The highest BCUT2D eigenvalue weighted by Crippen LogP contribution is 2.23. The second-order valence-corrected chi connectivity index (χ2v) is 5.91. The maximum Gasteiger partial charge on any atom is 0.225 e. The van der Waals surface area contributed by atoms with Crippen LogP contribution < -0.4 is 10.6 Å². The largest absolute Gasteiger partial charge is 0.326 e. The Balaban J connectivity index is 1.73. The fourth-order valence-electron chi connectivity index (χ4n) is 2.65. The van der Waals surface area contributed by atoms with Gasteiger partial charge in [-0.25, -0.2) is 0 Å². The van der Waals surface area contributed by atoms with E-state index in [1.807, 2.05) is 25.1 Å². The van der Waals surface area contributed by atoms with Crippen molar-refractivity contribution in [1.29, 1.82) is 0 Å². The average molecular weight is 295 g/mol. The lowest BCUT2D eigenvalue weighted by Gasteiger charge is -2.22. The first-order valence-corrected chi connectivity index (χ1v) is 7.83. The zero-order valence-corrected chi connectivity index (χ0v) is 12.8. The van der Waals surface area contributed by atoms with Crippen LogP contribution in [0, 0.1) is 6.92 Å². The van der Waals surface area contributed by atoms with E-state index in [1.54, 1.807) is 0 Å². The smallest absolute Gasteiger partial charge is 0.225 e. The number of rotatable bonds is 5. The number of carbonyl (C=O) groups is 1. The number of hydrogen-bond donors (Lipinski definition) is 2. The van der Waals surface area contributed by atoms with Crippen molar-refractivity contribution in [2.45, 2.75) is 51.5 Å². The van der Waals surface area contributed by atoms with E-state index in [9.17, 15) is 4.79 Å². The normalized spacial score (nSPS) is 16.1. The number of amides is 1. The van der Waals surface area contributed by atoms with Crippen LogP contribution in [0.3, 0.4) is 0 Å². The highest BCUT2D eigenvalue weighted by molar-refractivity contribution is 6.31. The van der Waals surface area contributed by atoms with Gasteiger partial charge in [0.05, 0.1) is 0 Å². The van der Waals surface area contributed by atoms with E-state index in [4.69, 9.17) is 11.6 Å². The molecule has 1 aromatic rings. The summed E-state index contributed by atoms with van der Waals surface area (Å²) in [5.74, 6) is 0.0404. The molecule has 20 heavy (non-hydrogen) atoms. The fraction of sp³-hybridized carbons (Fsp3) is 0.562. The topological polar surface area (TPSA) is 41.1 Å². The molecule has 0 aromatic heterocycles. The van der Waals surface area contributed by atoms with Crippen LogP contribution in [0.5, 0.6) is 0 Å². The molecule has 1 saturated carbocycles. The van der Waals surface area contributed by atoms with Crippen molar-refractivity contribution in [3.8, 4) is 0 Å². The Hall–Kier alpha value is -1.06. The summed E-state index contributed by atoms with van der Waals surface area (Å²) in [6.07, 6.45) is 6.97. The van der Waals surface area contributed by atoms with Gasteiger partial charge in [0.25, 0.3) is 0 Å². The molecule has 3 nitrogen and oxygen atoms in total. The zero-order valence-electron chi connectivity index (χ0n) is 12.0. The Morgan fingerprint density at radius 1 is 1.30 bits per heavy atom. The molecule has 0 saturated heterocycles. The lowest BCUT2D eigenvalue weighted by Crippen LogP contribution is -2.33. The first-order chi connectivity index (χ1) is 9.66. The minimum Gasteiger partial charge on any atom is -0.326 e. The van der Waals surface area contributed by atoms with E-state index >= 15 is 0 Å². The van der Waals surface area contributed by atoms with Gasteiger partial charge in [0, 0.05) is 29.7 Å². The maximum atomic E-state index is 11.9. The van der Waals surface area contributed by atoms with Crippen LogP contribution in [-0.4, -0.2) is 18.5 Å². The lowest BCUT2D eigenvalue weighted by molar-refractivity contribution is -0.116. The summed E-state index contributed by atoms with van der Waals surface area (Å²) in [7, 11) is 0. The number of nitrogens with one attached hydrogen (secondary N) is 2. The molecule has 0 bridgehead atoms. The molecule has 0 heterocycles. The molecule has 1 amide bonds. The number of anilines is 1. The summed E-state index contributed by atoms with van der Waals surface area (Å²) in [5, 5.41) is 7.09. The van der Waals surface area contributed by atoms with Crippen LogP contribution in [0.2, 0.25) is 5.02 Å². The van der Waals surface area contributed by atoms with Gasteiger partial charge in [0.1, 0.15) is 0 Å². The van der Waals surface area contributed by atoms with Gasteiger partial charge in [-0.2, -0.15) is 0 Å². The van der Waals surface area contributed by atoms with Gasteiger partial charge in [-0.05, 0) is 37.5 Å². The Bertz CT molecular complexity index is 456. The first kappa shape index (κ1) is 15.3. The van der Waals surface area contributed by atoms with Crippen molar-refractivity contribution in [1.82, 2.24) is 5.32 Å². The van der Waals surface area contributed by atoms with Gasteiger partial charge in [-0.15, -0.1) is 0 Å². The van der Waals surface area contributed by atoms with Crippen LogP contribution in [0.15, 0.2) is 18.2 Å². The minimum atomic E-state index is 0.0404. The molecule has 1 fully saturated rings. The van der Waals surface area contributed by atoms with Gasteiger partial charge in [-0.3, -0.25) is 4.79 Å². The molecule has 1 aliphatic rings. The third-order valence-electron chi connectivity index (χ3n) is 3.93. The van der Waals surface area contributed by atoms with E-state index in [0.717, 1.165) is 17.8 Å². The Kier molecular flexibility index (Phi) is 5.86. The molecule has 0 radical (unpaired) electrons. The first-order valence-electron chi connectivity index (χ1n) is 7.45. The van der Waals surface area contributed by atoms with E-state index in [0.29, 0.717) is 17.5 Å². The van der Waals surface area contributed by atoms with E-state index in [2.05, 4.69) is 10.6 Å². The molecule has 4 heteroatoms. The summed E-state index contributed by atoms with van der Waals surface area (Å²) in [5.41, 5.74) is 1.72. The molecular weight excluding hydrogens is 272 g/mol. The molecular formula is C16H23ClN2O. The van der Waals surface area contributed by atoms with Crippen molar-refractivity contribution >= 4 is 23.2 Å². The number of carbonyl (C=O) groups excluding carboxylic acids is 1. The molecule has 110 valence electrons. The predicted molar refractivity (Wildman–Crippen MR) is 84.3 cm³/mol. The second kappa shape index (κ2) is 7.65. The van der Waals surface area contributed by atoms with E-state index < -0.39 is 0 Å². The summed E-state index contributed by atoms with van der Waals surface area (Å²) in [6, 6.07) is 6.17. The quantitative estimate of drug-likeness (QED) is 0.865. The highest BCUT2D eigenvalue weighted by Gasteiger charge is 2.13. The second-order valence-electron chi connectivity index (χ2n) is 5.50. The maximum absolute atomic E-state index is 11.9. The summed E-state index contributed by atoms with van der Waals surface area (Å²) in [4.78, 5) is 11.9. The SMILES string of the molecule is Cc1c(Cl)cccc1NC(=O)CCNC1CCCCC1. The molecule has 1 aliphatic carbocycles. The third-order valence-corrected chi connectivity index (χ3v) is 4.34. The van der Waals surface area contributed by atoms with Crippen molar-refractivity contribution in [2.24, 2.45) is 0 Å². The van der Waals surface area contributed by atoms with Gasteiger partial charge < -0.3 is 10.6 Å². The van der Waals surface area contributed by atoms with Gasteiger partial charge in [0.2, 0.25) is 5.91 Å². The minimum absolute atomic E-state index is 0.0404. The lowest BCUT2D eigenvalue weighted by atomic mass is 9.95. The molecule has 1 aromatic carbocycles. The summed E-state index contributed by atoms with van der Waals surface area (Å²) < 4.78 is 0. The van der Waals surface area contributed by atoms with Crippen molar-refractivity contribution in [3.05, 3.63) is 28.8 Å². The molecule has 0 unspecified atom stereocenters. The number of benzene rings is 1. The molecule has 0 atom stereocenters. The number of hydrogen-bond acceptors (Lipinski definition) is 2. The van der Waals surface area contributed by atoms with Crippen LogP contribution in [0.1, 0.15) is 44.1 Å². The molecule has 0 spiro atoms. The van der Waals surface area contributed by atoms with Gasteiger partial charge in [-0.1, -0.05) is 36.9 Å². The van der Waals surface area contributed by atoms with Crippen LogP contribution in [-0.2, 0) is 4.79 Å². The zero-order chi connectivity index (χ0) is 14.4. The summed E-state index contributed by atoms with van der Waals surface area (Å²) >= 11 is 6.04. The van der Waals surface area contributed by atoms with E-state index in [-0.39, 0.29) is 5.91 Å². The van der Waals surface area contributed by atoms with Gasteiger partial charge >= 0.3 is 0 Å². The van der Waals surface area contributed by atoms with Crippen LogP contribution in [0.25, 0.3) is 0 Å². The van der Waals surface area contributed by atoms with Crippen LogP contribution >= 0.6 is 11.6 Å². The van der Waals surface area contributed by atoms with E-state index in [1.165, 1.54) is 32.1 Å². The van der Waals surface area contributed by atoms with Gasteiger partial charge in [0.15, 0.2) is 0 Å². The standard InChI is InChI=1S/C16H23ClN2O/c1-12-14(17)8-5-9-15(12)19-16(20)10-11-18-13-6-3-2-4-7-13/h5,8-9,13,18H,2-4,6-7,10-11H2,1H3,(H,19,20). The predicted octanol–water partition coefficient (Wildman–Crippen LogP) is 3.90. The third kappa shape index (κ3) is 4.50. The summed E-state index contributed by atoms with van der Waals surface area (Å²) in [6.45, 7) is 2.66. The fourth-order valence-corrected chi connectivity index (χ4v) is 2.83. The van der Waals surface area contributed by atoms with Crippen molar-refractivity contribution < 1.29 is 4.79 Å². The molecule has 0 aliphatic heterocycles. The van der Waals surface area contributed by atoms with Crippen LogP contribution in [0.4, 0.5) is 5.69 Å². The highest BCUT2D eigenvalue weighted by atomic mass is 35.5. The Labute approximate surface area is 126 Å². The average Bonchev–Trinajstić information content (AvgIpc) is 2.45. The molecule has 2 rings (SSSR count). The number of halogens is 1. The van der Waals surface area contributed by atoms with Crippen molar-refractivity contribution in [3.63, 3.8) is 0 Å². The molecule has 2 N–H and O–H groups in total. The van der Waals surface area contributed by atoms with Crippen molar-refractivity contribution in [2.75, 3.05) is 11.9 Å². The monoisotopic (exact) mass is 294 g/mol.